The van der Waals surface area contributed by atoms with Gasteiger partial charge in [-0.05, 0) is 18.2 Å². The highest BCUT2D eigenvalue weighted by Gasteiger charge is 2.12. The first-order chi connectivity index (χ1) is 7.63. The van der Waals surface area contributed by atoms with Gasteiger partial charge in [-0.2, -0.15) is 0 Å². The van der Waals surface area contributed by atoms with Gasteiger partial charge >= 0.3 is 0 Å². The smallest absolute Gasteiger partial charge is 0.0953 e. The molecule has 3 nitrogen and oxygen atoms in total. The van der Waals surface area contributed by atoms with Crippen LogP contribution in [-0.4, -0.2) is 9.55 Å². The van der Waals surface area contributed by atoms with Crippen molar-refractivity contribution in [2.45, 2.75) is 6.54 Å². The highest BCUT2D eigenvalue weighted by atomic mass is 35.5. The van der Waals surface area contributed by atoms with E-state index in [-0.39, 0.29) is 0 Å². The van der Waals surface area contributed by atoms with Crippen LogP contribution in [0.15, 0.2) is 24.5 Å². The minimum absolute atomic E-state index is 0.421. The second-order valence-corrected chi connectivity index (χ2v) is 4.32. The molecule has 0 aliphatic heterocycles. The summed E-state index contributed by atoms with van der Waals surface area (Å²) in [5, 5.41) is 1.19. The number of nitrogens with zero attached hydrogens (tertiary/aromatic N) is 2. The van der Waals surface area contributed by atoms with E-state index in [2.05, 4.69) is 4.98 Å². The molecule has 0 saturated carbocycles. The van der Waals surface area contributed by atoms with Crippen LogP contribution >= 0.6 is 23.2 Å². The number of hydrogen-bond donors (Lipinski definition) is 1. The molecular formula is C11H11Cl2N3. The first-order valence-corrected chi connectivity index (χ1v) is 5.54. The lowest BCUT2D eigenvalue weighted by atomic mass is 10.1. The highest BCUT2D eigenvalue weighted by molar-refractivity contribution is 6.36. The molecule has 84 valence electrons. The zero-order valence-electron chi connectivity index (χ0n) is 8.74. The molecule has 2 aromatic rings. The van der Waals surface area contributed by atoms with Crippen molar-refractivity contribution < 1.29 is 0 Å². The highest BCUT2D eigenvalue weighted by Crippen LogP contribution is 2.31. The third-order valence-electron chi connectivity index (χ3n) is 2.44. The van der Waals surface area contributed by atoms with Crippen molar-refractivity contribution in [1.82, 2.24) is 9.55 Å². The summed E-state index contributed by atoms with van der Waals surface area (Å²) < 4.78 is 1.89. The molecular weight excluding hydrogens is 245 g/mol. The molecule has 1 heterocycles. The Balaban J connectivity index is 2.58. The maximum atomic E-state index is 6.13. The lowest BCUT2D eigenvalue weighted by molar-refractivity contribution is 0.822. The molecule has 2 rings (SSSR count). The fourth-order valence-electron chi connectivity index (χ4n) is 1.60. The Hall–Kier alpha value is -1.03. The number of aromatic nitrogens is 2. The average Bonchev–Trinajstić information content (AvgIpc) is 2.59. The first kappa shape index (κ1) is 11.5. The van der Waals surface area contributed by atoms with Crippen molar-refractivity contribution in [2.75, 3.05) is 0 Å². The maximum Gasteiger partial charge on any atom is 0.0953 e. The van der Waals surface area contributed by atoms with Gasteiger partial charge in [0, 0.05) is 24.2 Å². The molecule has 0 bridgehead atoms. The molecule has 2 N–H and O–H groups in total. The molecule has 0 radical (unpaired) electrons. The van der Waals surface area contributed by atoms with Crippen molar-refractivity contribution in [3.8, 4) is 11.3 Å². The van der Waals surface area contributed by atoms with Gasteiger partial charge in [0.2, 0.25) is 0 Å². The molecule has 0 saturated heterocycles. The molecule has 1 aromatic heterocycles. The van der Waals surface area contributed by atoms with Crippen molar-refractivity contribution in [1.29, 1.82) is 0 Å². The zero-order chi connectivity index (χ0) is 11.7. The van der Waals surface area contributed by atoms with Gasteiger partial charge in [-0.3, -0.25) is 0 Å². The minimum Gasteiger partial charge on any atom is -0.336 e. The summed E-state index contributed by atoms with van der Waals surface area (Å²) >= 11 is 12.0. The van der Waals surface area contributed by atoms with Crippen LogP contribution in [0.5, 0.6) is 0 Å². The summed E-state index contributed by atoms with van der Waals surface area (Å²) in [6.45, 7) is 0.421. The Morgan fingerprint density at radius 1 is 1.38 bits per heavy atom. The van der Waals surface area contributed by atoms with Crippen LogP contribution in [0.1, 0.15) is 5.69 Å². The fraction of sp³-hybridized carbons (Fsp3) is 0.182. The molecule has 0 unspecified atom stereocenters. The maximum absolute atomic E-state index is 6.13. The van der Waals surface area contributed by atoms with Crippen LogP contribution in [0.3, 0.4) is 0 Å². The van der Waals surface area contributed by atoms with Gasteiger partial charge in [-0.15, -0.1) is 0 Å². The average molecular weight is 256 g/mol. The molecule has 1 aromatic carbocycles. The number of hydrogen-bond acceptors (Lipinski definition) is 2. The van der Waals surface area contributed by atoms with E-state index in [0.717, 1.165) is 17.0 Å². The molecule has 0 spiro atoms. The largest absolute Gasteiger partial charge is 0.336 e. The van der Waals surface area contributed by atoms with Gasteiger partial charge in [-0.25, -0.2) is 4.98 Å². The minimum atomic E-state index is 0.421. The summed E-state index contributed by atoms with van der Waals surface area (Å²) in [5.74, 6) is 0. The third-order valence-corrected chi connectivity index (χ3v) is 2.99. The first-order valence-electron chi connectivity index (χ1n) is 4.79. The summed E-state index contributed by atoms with van der Waals surface area (Å²) in [4.78, 5) is 4.30. The van der Waals surface area contributed by atoms with Gasteiger partial charge in [-0.1, -0.05) is 23.2 Å². The van der Waals surface area contributed by atoms with Gasteiger partial charge in [0.1, 0.15) is 0 Å². The number of rotatable bonds is 2. The molecule has 0 fully saturated rings. The lowest BCUT2D eigenvalue weighted by Crippen LogP contribution is -2.04. The lowest BCUT2D eigenvalue weighted by Gasteiger charge is -2.05. The van der Waals surface area contributed by atoms with E-state index >= 15 is 0 Å². The molecule has 16 heavy (non-hydrogen) atoms. The summed E-state index contributed by atoms with van der Waals surface area (Å²) in [6, 6.07) is 5.34. The van der Waals surface area contributed by atoms with Crippen molar-refractivity contribution in [3.05, 3.63) is 40.3 Å². The van der Waals surface area contributed by atoms with Crippen LogP contribution in [-0.2, 0) is 13.6 Å². The number of aryl methyl sites for hydroxylation is 1. The second kappa shape index (κ2) is 4.45. The Labute approximate surface area is 104 Å². The Bertz CT molecular complexity index is 520. The zero-order valence-corrected chi connectivity index (χ0v) is 10.3. The van der Waals surface area contributed by atoms with E-state index in [4.69, 9.17) is 28.9 Å². The van der Waals surface area contributed by atoms with E-state index in [1.54, 1.807) is 18.5 Å². The van der Waals surface area contributed by atoms with Crippen LogP contribution in [0.25, 0.3) is 11.3 Å². The van der Waals surface area contributed by atoms with Crippen molar-refractivity contribution in [2.24, 2.45) is 12.8 Å². The van der Waals surface area contributed by atoms with Crippen molar-refractivity contribution in [3.63, 3.8) is 0 Å². The van der Waals surface area contributed by atoms with Gasteiger partial charge in [0.05, 0.1) is 22.7 Å². The molecule has 0 amide bonds. The van der Waals surface area contributed by atoms with Gasteiger partial charge in [0.15, 0.2) is 0 Å². The topological polar surface area (TPSA) is 43.8 Å². The van der Waals surface area contributed by atoms with E-state index in [1.807, 2.05) is 17.7 Å². The molecule has 0 atom stereocenters. The Kier molecular flexibility index (Phi) is 3.19. The van der Waals surface area contributed by atoms with Crippen molar-refractivity contribution >= 4 is 23.2 Å². The SMILES string of the molecule is Cn1cnc(-c2ccc(Cl)cc2Cl)c1CN. The Morgan fingerprint density at radius 3 is 2.75 bits per heavy atom. The number of imidazole rings is 1. The standard InChI is InChI=1S/C11H11Cl2N3/c1-16-6-15-11(10(16)5-14)8-3-2-7(12)4-9(8)13/h2-4,6H,5,14H2,1H3. The molecule has 0 aliphatic rings. The molecule has 5 heteroatoms. The number of nitrogens with two attached hydrogens (primary N) is 1. The Morgan fingerprint density at radius 2 is 2.12 bits per heavy atom. The van der Waals surface area contributed by atoms with E-state index in [0.29, 0.717) is 16.6 Å². The second-order valence-electron chi connectivity index (χ2n) is 3.48. The normalized spacial score (nSPS) is 10.8. The number of halogens is 2. The molecule has 0 aliphatic carbocycles. The van der Waals surface area contributed by atoms with E-state index in [9.17, 15) is 0 Å². The summed E-state index contributed by atoms with van der Waals surface area (Å²) in [7, 11) is 1.91. The fourth-order valence-corrected chi connectivity index (χ4v) is 2.10. The third kappa shape index (κ3) is 1.94. The van der Waals surface area contributed by atoms with Crippen LogP contribution < -0.4 is 5.73 Å². The van der Waals surface area contributed by atoms with Crippen LogP contribution in [0, 0.1) is 0 Å². The van der Waals surface area contributed by atoms with E-state index < -0.39 is 0 Å². The van der Waals surface area contributed by atoms with Gasteiger partial charge in [0.25, 0.3) is 0 Å². The van der Waals surface area contributed by atoms with Crippen LogP contribution in [0.4, 0.5) is 0 Å². The quantitative estimate of drug-likeness (QED) is 0.897. The van der Waals surface area contributed by atoms with Crippen LogP contribution in [0.2, 0.25) is 10.0 Å². The van der Waals surface area contributed by atoms with E-state index in [1.165, 1.54) is 0 Å². The predicted molar refractivity (Wildman–Crippen MR) is 66.6 cm³/mol. The van der Waals surface area contributed by atoms with Gasteiger partial charge < -0.3 is 10.3 Å². The summed E-state index contributed by atoms with van der Waals surface area (Å²) in [6.07, 6.45) is 1.72. The monoisotopic (exact) mass is 255 g/mol. The summed E-state index contributed by atoms with van der Waals surface area (Å²) in [5.41, 5.74) is 8.30. The number of benzene rings is 1. The predicted octanol–water partition coefficient (Wildman–Crippen LogP) is 2.85.